The van der Waals surface area contributed by atoms with Crippen LogP contribution in [0.4, 0.5) is 13.2 Å². The van der Waals surface area contributed by atoms with Crippen LogP contribution in [-0.4, -0.2) is 14.9 Å². The minimum atomic E-state index is -4.36. The second-order valence-electron chi connectivity index (χ2n) is 4.74. The molecule has 6 heteroatoms. The molecule has 1 N–H and O–H groups in total. The van der Waals surface area contributed by atoms with Crippen molar-refractivity contribution in [2.45, 2.75) is 25.6 Å². The summed E-state index contributed by atoms with van der Waals surface area (Å²) >= 11 is 0. The lowest BCUT2D eigenvalue weighted by molar-refractivity contribution is -0.137. The molecule has 0 bridgehead atoms. The quantitative estimate of drug-likeness (QED) is 0.940. The average molecular weight is 284 g/mol. The van der Waals surface area contributed by atoms with Crippen molar-refractivity contribution in [1.29, 1.82) is 0 Å². The van der Waals surface area contributed by atoms with Crippen molar-refractivity contribution >= 4 is 0 Å². The number of halogens is 3. The summed E-state index contributed by atoms with van der Waals surface area (Å²) in [4.78, 5) is 0. The SMILES string of the molecule is Cc1cc(CC(O)c2ccc(C(F)(F)F)cc2)n(C)n1. The smallest absolute Gasteiger partial charge is 0.388 e. The van der Waals surface area contributed by atoms with Crippen molar-refractivity contribution in [2.24, 2.45) is 7.05 Å². The van der Waals surface area contributed by atoms with Crippen molar-refractivity contribution in [3.8, 4) is 0 Å². The summed E-state index contributed by atoms with van der Waals surface area (Å²) in [5.74, 6) is 0. The monoisotopic (exact) mass is 284 g/mol. The molecule has 3 nitrogen and oxygen atoms in total. The van der Waals surface area contributed by atoms with Crippen molar-refractivity contribution in [2.75, 3.05) is 0 Å². The highest BCUT2D eigenvalue weighted by Gasteiger charge is 2.30. The molecule has 0 radical (unpaired) electrons. The first-order valence-corrected chi connectivity index (χ1v) is 6.12. The number of benzene rings is 1. The third kappa shape index (κ3) is 3.19. The summed E-state index contributed by atoms with van der Waals surface area (Å²) in [5.41, 5.74) is 1.40. The molecule has 0 fully saturated rings. The Labute approximate surface area is 114 Å². The number of aromatic nitrogens is 2. The zero-order chi connectivity index (χ0) is 14.9. The van der Waals surface area contributed by atoms with E-state index in [9.17, 15) is 18.3 Å². The van der Waals surface area contributed by atoms with Crippen molar-refractivity contribution in [3.05, 3.63) is 52.8 Å². The van der Waals surface area contributed by atoms with Gasteiger partial charge >= 0.3 is 6.18 Å². The maximum atomic E-state index is 12.4. The van der Waals surface area contributed by atoms with E-state index >= 15 is 0 Å². The maximum absolute atomic E-state index is 12.4. The number of hydrogen-bond acceptors (Lipinski definition) is 2. The van der Waals surface area contributed by atoms with Crippen molar-refractivity contribution < 1.29 is 18.3 Å². The lowest BCUT2D eigenvalue weighted by atomic mass is 10.0. The van der Waals surface area contributed by atoms with Gasteiger partial charge < -0.3 is 5.11 Å². The van der Waals surface area contributed by atoms with Gasteiger partial charge in [-0.15, -0.1) is 0 Å². The Morgan fingerprint density at radius 3 is 2.30 bits per heavy atom. The van der Waals surface area contributed by atoms with Crippen LogP contribution >= 0.6 is 0 Å². The fourth-order valence-corrected chi connectivity index (χ4v) is 2.07. The van der Waals surface area contributed by atoms with Gasteiger partial charge in [-0.1, -0.05) is 12.1 Å². The summed E-state index contributed by atoms with van der Waals surface area (Å²) in [6.07, 6.45) is -4.90. The summed E-state index contributed by atoms with van der Waals surface area (Å²) in [6.45, 7) is 1.84. The molecule has 0 spiro atoms. The lowest BCUT2D eigenvalue weighted by Crippen LogP contribution is -2.08. The first-order valence-electron chi connectivity index (χ1n) is 6.12. The maximum Gasteiger partial charge on any atom is 0.416 e. The number of aliphatic hydroxyl groups excluding tert-OH is 1. The molecule has 2 rings (SSSR count). The van der Waals surface area contributed by atoms with E-state index in [2.05, 4.69) is 5.10 Å². The van der Waals surface area contributed by atoms with Gasteiger partial charge in [0.1, 0.15) is 0 Å². The molecule has 0 saturated carbocycles. The van der Waals surface area contributed by atoms with Crippen LogP contribution in [0.5, 0.6) is 0 Å². The number of hydrogen-bond donors (Lipinski definition) is 1. The third-order valence-electron chi connectivity index (χ3n) is 3.12. The highest BCUT2D eigenvalue weighted by atomic mass is 19.4. The van der Waals surface area contributed by atoms with E-state index in [1.807, 2.05) is 13.0 Å². The Kier molecular flexibility index (Phi) is 3.85. The second-order valence-corrected chi connectivity index (χ2v) is 4.74. The molecule has 2 aromatic rings. The molecule has 20 heavy (non-hydrogen) atoms. The van der Waals surface area contributed by atoms with Crippen LogP contribution in [-0.2, 0) is 19.6 Å². The van der Waals surface area contributed by atoms with E-state index in [1.54, 1.807) is 11.7 Å². The highest BCUT2D eigenvalue weighted by molar-refractivity contribution is 5.27. The number of aliphatic hydroxyl groups is 1. The minimum Gasteiger partial charge on any atom is -0.388 e. The lowest BCUT2D eigenvalue weighted by Gasteiger charge is -2.13. The Morgan fingerprint density at radius 1 is 1.25 bits per heavy atom. The summed E-state index contributed by atoms with van der Waals surface area (Å²) in [7, 11) is 1.77. The molecular weight excluding hydrogens is 269 g/mol. The molecule has 0 amide bonds. The number of aryl methyl sites for hydroxylation is 2. The van der Waals surface area contributed by atoms with E-state index in [0.29, 0.717) is 12.0 Å². The van der Waals surface area contributed by atoms with Gasteiger partial charge in [0.15, 0.2) is 0 Å². The fraction of sp³-hybridized carbons (Fsp3) is 0.357. The topological polar surface area (TPSA) is 38.0 Å². The van der Waals surface area contributed by atoms with Gasteiger partial charge in [0.25, 0.3) is 0 Å². The first kappa shape index (κ1) is 14.6. The molecule has 108 valence electrons. The number of alkyl halides is 3. The van der Waals surface area contributed by atoms with Gasteiger partial charge in [-0.3, -0.25) is 4.68 Å². The zero-order valence-corrected chi connectivity index (χ0v) is 11.1. The van der Waals surface area contributed by atoms with Gasteiger partial charge in [0.05, 0.1) is 17.4 Å². The van der Waals surface area contributed by atoms with Gasteiger partial charge in [-0.05, 0) is 30.7 Å². The van der Waals surface area contributed by atoms with E-state index in [-0.39, 0.29) is 0 Å². The van der Waals surface area contributed by atoms with E-state index in [0.717, 1.165) is 23.5 Å². The van der Waals surface area contributed by atoms with Crippen LogP contribution < -0.4 is 0 Å². The van der Waals surface area contributed by atoms with Gasteiger partial charge in [-0.2, -0.15) is 18.3 Å². The molecule has 1 atom stereocenters. The van der Waals surface area contributed by atoms with E-state index < -0.39 is 17.8 Å². The summed E-state index contributed by atoms with van der Waals surface area (Å²) in [6, 6.07) is 6.40. The van der Waals surface area contributed by atoms with Crippen LogP contribution in [0.3, 0.4) is 0 Å². The molecule has 1 unspecified atom stereocenters. The van der Waals surface area contributed by atoms with Crippen molar-refractivity contribution in [1.82, 2.24) is 9.78 Å². The Hall–Kier alpha value is -1.82. The van der Waals surface area contributed by atoms with E-state index in [4.69, 9.17) is 0 Å². The molecule has 0 saturated heterocycles. The van der Waals surface area contributed by atoms with Crippen LogP contribution in [0.15, 0.2) is 30.3 Å². The Balaban J connectivity index is 2.13. The number of nitrogens with zero attached hydrogens (tertiary/aromatic N) is 2. The predicted octanol–water partition coefficient (Wildman–Crippen LogP) is 3.02. The van der Waals surface area contributed by atoms with Crippen LogP contribution in [0.25, 0.3) is 0 Å². The minimum absolute atomic E-state index is 0.308. The fourth-order valence-electron chi connectivity index (χ4n) is 2.07. The molecular formula is C14H15F3N2O. The largest absolute Gasteiger partial charge is 0.416 e. The van der Waals surface area contributed by atoms with Gasteiger partial charge in [-0.25, -0.2) is 0 Å². The van der Waals surface area contributed by atoms with Crippen LogP contribution in [0.1, 0.15) is 28.6 Å². The Bertz CT molecular complexity index is 587. The highest BCUT2D eigenvalue weighted by Crippen LogP contribution is 2.30. The van der Waals surface area contributed by atoms with Crippen LogP contribution in [0.2, 0.25) is 0 Å². The van der Waals surface area contributed by atoms with Crippen LogP contribution in [0, 0.1) is 6.92 Å². The molecule has 1 heterocycles. The normalized spacial score (nSPS) is 13.5. The summed E-state index contributed by atoms with van der Waals surface area (Å²) in [5, 5.41) is 14.2. The molecule has 0 aliphatic rings. The first-order chi connectivity index (χ1) is 9.27. The molecule has 1 aromatic heterocycles. The standard InChI is InChI=1S/C14H15F3N2O/c1-9-7-12(19(2)18-9)8-13(20)10-3-5-11(6-4-10)14(15,16)17/h3-7,13,20H,8H2,1-2H3. The molecule has 0 aliphatic heterocycles. The Morgan fingerprint density at radius 2 is 1.85 bits per heavy atom. The molecule has 1 aromatic carbocycles. The van der Waals surface area contributed by atoms with Crippen molar-refractivity contribution in [3.63, 3.8) is 0 Å². The third-order valence-corrected chi connectivity index (χ3v) is 3.12. The molecule has 0 aliphatic carbocycles. The second kappa shape index (κ2) is 5.28. The van der Waals surface area contributed by atoms with E-state index in [1.165, 1.54) is 12.1 Å². The van der Waals surface area contributed by atoms with Gasteiger partial charge in [0.2, 0.25) is 0 Å². The zero-order valence-electron chi connectivity index (χ0n) is 11.1. The number of rotatable bonds is 3. The average Bonchev–Trinajstić information content (AvgIpc) is 2.67. The summed E-state index contributed by atoms with van der Waals surface area (Å²) < 4.78 is 39.0. The predicted molar refractivity (Wildman–Crippen MR) is 68.1 cm³/mol. The van der Waals surface area contributed by atoms with Gasteiger partial charge in [0, 0.05) is 19.2 Å².